The first kappa shape index (κ1) is 20.0. The van der Waals surface area contributed by atoms with Crippen LogP contribution in [0.2, 0.25) is 0 Å². The molecule has 0 amide bonds. The first-order valence-corrected chi connectivity index (χ1v) is 9.73. The summed E-state index contributed by atoms with van der Waals surface area (Å²) in [4.78, 5) is 24.1. The Hall–Kier alpha value is -2.70. The summed E-state index contributed by atoms with van der Waals surface area (Å²) in [5.74, 6) is -0.728. The number of methoxy groups -OCH3 is 1. The van der Waals surface area contributed by atoms with E-state index in [2.05, 4.69) is 47.1 Å². The van der Waals surface area contributed by atoms with Gasteiger partial charge < -0.3 is 9.47 Å². The molecule has 0 radical (unpaired) electrons. The zero-order valence-corrected chi connectivity index (χ0v) is 16.7. The molecule has 0 N–H and O–H groups in total. The van der Waals surface area contributed by atoms with Crippen molar-refractivity contribution in [1.29, 1.82) is 0 Å². The summed E-state index contributed by atoms with van der Waals surface area (Å²) in [5, 5.41) is 7.92. The van der Waals surface area contributed by atoms with Gasteiger partial charge in [0, 0.05) is 6.42 Å². The molecule has 1 saturated carbocycles. The summed E-state index contributed by atoms with van der Waals surface area (Å²) in [6.45, 7) is 4.12. The van der Waals surface area contributed by atoms with Crippen molar-refractivity contribution >= 4 is 11.9 Å². The van der Waals surface area contributed by atoms with Crippen LogP contribution in [0.1, 0.15) is 65.3 Å². The van der Waals surface area contributed by atoms with Gasteiger partial charge in [-0.2, -0.15) is 0 Å². The average Bonchev–Trinajstić information content (AvgIpc) is 3.17. The lowest BCUT2D eigenvalue weighted by Gasteiger charge is -2.30. The fourth-order valence-corrected chi connectivity index (χ4v) is 3.75. The van der Waals surface area contributed by atoms with Crippen molar-refractivity contribution in [2.45, 2.75) is 64.5 Å². The van der Waals surface area contributed by atoms with Crippen LogP contribution in [-0.4, -0.2) is 40.1 Å². The number of carbonyl (C=O) groups excluding carboxylic acids is 2. The fraction of sp³-hybridized carbons (Fsp3) is 0.524. The Morgan fingerprint density at radius 2 is 2.00 bits per heavy atom. The molecule has 2 aromatic rings. The van der Waals surface area contributed by atoms with Crippen LogP contribution in [0.4, 0.5) is 0 Å². The Kier molecular flexibility index (Phi) is 6.44. The van der Waals surface area contributed by atoms with Crippen LogP contribution in [0, 0.1) is 13.8 Å². The molecule has 1 aromatic carbocycles. The third-order valence-electron chi connectivity index (χ3n) is 5.29. The van der Waals surface area contributed by atoms with Crippen molar-refractivity contribution < 1.29 is 19.1 Å². The third-order valence-corrected chi connectivity index (χ3v) is 5.29. The Bertz CT molecular complexity index is 846. The smallest absolute Gasteiger partial charge is 0.360 e. The average molecular weight is 385 g/mol. The molecule has 1 aliphatic rings. The van der Waals surface area contributed by atoms with Crippen molar-refractivity contribution in [1.82, 2.24) is 15.0 Å². The summed E-state index contributed by atoms with van der Waals surface area (Å²) in [6.07, 6.45) is 5.96. The van der Waals surface area contributed by atoms with Gasteiger partial charge >= 0.3 is 11.9 Å². The molecule has 150 valence electrons. The van der Waals surface area contributed by atoms with Crippen LogP contribution in [0.5, 0.6) is 0 Å². The van der Waals surface area contributed by atoms with Gasteiger partial charge in [0.25, 0.3) is 0 Å². The van der Waals surface area contributed by atoms with E-state index in [0.717, 1.165) is 25.7 Å². The molecule has 0 saturated heterocycles. The molecule has 3 rings (SSSR count). The first-order valence-electron chi connectivity index (χ1n) is 9.73. The number of esters is 2. The van der Waals surface area contributed by atoms with Gasteiger partial charge in [0.1, 0.15) is 6.10 Å². The summed E-state index contributed by atoms with van der Waals surface area (Å²) < 4.78 is 12.1. The third kappa shape index (κ3) is 4.77. The number of aryl methyl sites for hydroxylation is 3. The largest absolute Gasteiger partial charge is 0.464 e. The van der Waals surface area contributed by atoms with Crippen LogP contribution < -0.4 is 0 Å². The van der Waals surface area contributed by atoms with E-state index in [4.69, 9.17) is 4.74 Å². The lowest BCUT2D eigenvalue weighted by molar-refractivity contribution is -0.153. The first-order chi connectivity index (χ1) is 13.5. The van der Waals surface area contributed by atoms with Gasteiger partial charge in [-0.3, -0.25) is 4.79 Å². The van der Waals surface area contributed by atoms with Crippen LogP contribution in [-0.2, 0) is 20.7 Å². The highest BCUT2D eigenvalue weighted by atomic mass is 16.5. The van der Waals surface area contributed by atoms with Crippen molar-refractivity contribution in [2.75, 3.05) is 7.11 Å². The zero-order chi connectivity index (χ0) is 20.1. The summed E-state index contributed by atoms with van der Waals surface area (Å²) in [7, 11) is 1.31. The second-order valence-electron chi connectivity index (χ2n) is 7.39. The lowest BCUT2D eigenvalue weighted by atomic mass is 9.92. The minimum Gasteiger partial charge on any atom is -0.464 e. The monoisotopic (exact) mass is 385 g/mol. The number of benzene rings is 1. The standard InChI is InChI=1S/C21H27N3O4/c1-14-8-9-16(15(2)12-14)10-11-20(25)28-19-7-5-4-6-18(19)24-13-17(22-23-24)21(26)27-3/h8-9,12-13,18-19H,4-7,10-11H2,1-3H3. The van der Waals surface area contributed by atoms with Crippen molar-refractivity contribution in [2.24, 2.45) is 0 Å². The van der Waals surface area contributed by atoms with E-state index in [-0.39, 0.29) is 23.8 Å². The molecule has 1 aromatic heterocycles. The topological polar surface area (TPSA) is 83.3 Å². The Balaban J connectivity index is 1.61. The van der Waals surface area contributed by atoms with Crippen molar-refractivity contribution in [3.63, 3.8) is 0 Å². The predicted octanol–water partition coefficient (Wildman–Crippen LogP) is 3.34. The summed E-state index contributed by atoms with van der Waals surface area (Å²) in [6, 6.07) is 6.16. The Labute approximate surface area is 165 Å². The van der Waals surface area contributed by atoms with Crippen molar-refractivity contribution in [3.05, 3.63) is 46.8 Å². The lowest BCUT2D eigenvalue weighted by Crippen LogP contribution is -2.32. The highest BCUT2D eigenvalue weighted by Crippen LogP contribution is 2.31. The number of hydrogen-bond donors (Lipinski definition) is 0. The fourth-order valence-electron chi connectivity index (χ4n) is 3.75. The van der Waals surface area contributed by atoms with E-state index in [1.54, 1.807) is 10.9 Å². The van der Waals surface area contributed by atoms with Crippen LogP contribution in [0.25, 0.3) is 0 Å². The molecule has 7 heteroatoms. The maximum absolute atomic E-state index is 12.5. The van der Waals surface area contributed by atoms with Gasteiger partial charge in [-0.05, 0) is 50.7 Å². The quantitative estimate of drug-likeness (QED) is 0.709. The molecule has 0 spiro atoms. The van der Waals surface area contributed by atoms with Gasteiger partial charge in [-0.15, -0.1) is 5.10 Å². The molecule has 2 unspecified atom stereocenters. The zero-order valence-electron chi connectivity index (χ0n) is 16.7. The number of nitrogens with zero attached hydrogens (tertiary/aromatic N) is 3. The SMILES string of the molecule is COC(=O)c1cn(C2CCCCC2OC(=O)CCc2ccc(C)cc2C)nn1. The van der Waals surface area contributed by atoms with Gasteiger partial charge in [0.2, 0.25) is 0 Å². The molecule has 1 heterocycles. The molecule has 0 aliphatic heterocycles. The van der Waals surface area contributed by atoms with Gasteiger partial charge in [-0.25, -0.2) is 9.48 Å². The van der Waals surface area contributed by atoms with Gasteiger partial charge in [0.05, 0.1) is 19.3 Å². The normalized spacial score (nSPS) is 19.2. The Morgan fingerprint density at radius 1 is 1.21 bits per heavy atom. The van der Waals surface area contributed by atoms with E-state index < -0.39 is 5.97 Å². The van der Waals surface area contributed by atoms with Crippen molar-refractivity contribution in [3.8, 4) is 0 Å². The van der Waals surface area contributed by atoms with E-state index in [0.29, 0.717) is 12.8 Å². The molecular weight excluding hydrogens is 358 g/mol. The predicted molar refractivity (Wildman–Crippen MR) is 103 cm³/mol. The van der Waals surface area contributed by atoms with E-state index in [1.807, 2.05) is 0 Å². The molecular formula is C21H27N3O4. The van der Waals surface area contributed by atoms with Gasteiger partial charge in [0.15, 0.2) is 5.69 Å². The van der Waals surface area contributed by atoms with Crippen LogP contribution in [0.15, 0.2) is 24.4 Å². The molecule has 2 atom stereocenters. The molecule has 0 bridgehead atoms. The Morgan fingerprint density at radius 3 is 2.75 bits per heavy atom. The molecule has 28 heavy (non-hydrogen) atoms. The number of aromatic nitrogens is 3. The molecule has 1 aliphatic carbocycles. The molecule has 7 nitrogen and oxygen atoms in total. The summed E-state index contributed by atoms with van der Waals surface area (Å²) >= 11 is 0. The summed E-state index contributed by atoms with van der Waals surface area (Å²) in [5.41, 5.74) is 3.74. The number of hydrogen-bond acceptors (Lipinski definition) is 6. The highest BCUT2D eigenvalue weighted by Gasteiger charge is 2.31. The van der Waals surface area contributed by atoms with Crippen LogP contribution >= 0.6 is 0 Å². The van der Waals surface area contributed by atoms with E-state index >= 15 is 0 Å². The maximum atomic E-state index is 12.5. The second-order valence-corrected chi connectivity index (χ2v) is 7.39. The second kappa shape index (κ2) is 8.99. The number of ether oxygens (including phenoxy) is 2. The minimum absolute atomic E-state index is 0.107. The highest BCUT2D eigenvalue weighted by molar-refractivity contribution is 5.86. The molecule has 1 fully saturated rings. The van der Waals surface area contributed by atoms with Gasteiger partial charge in [-0.1, -0.05) is 35.4 Å². The number of rotatable bonds is 6. The van der Waals surface area contributed by atoms with E-state index in [1.165, 1.54) is 23.8 Å². The number of carbonyl (C=O) groups is 2. The van der Waals surface area contributed by atoms with Crippen LogP contribution in [0.3, 0.4) is 0 Å². The maximum Gasteiger partial charge on any atom is 0.360 e. The minimum atomic E-state index is -0.524. The van der Waals surface area contributed by atoms with E-state index in [9.17, 15) is 9.59 Å².